The van der Waals surface area contributed by atoms with Crippen LogP contribution in [0.3, 0.4) is 0 Å². The zero-order valence-electron chi connectivity index (χ0n) is 22.4. The predicted octanol–water partition coefficient (Wildman–Crippen LogP) is 3.46. The number of hydrogen-bond acceptors (Lipinski definition) is 7. The molecule has 0 fully saturated rings. The largest absolute Gasteiger partial charge is 0.508 e. The first-order chi connectivity index (χ1) is 18.1. The minimum Gasteiger partial charge on any atom is -0.508 e. The van der Waals surface area contributed by atoms with E-state index in [0.717, 1.165) is 4.90 Å². The third-order valence-corrected chi connectivity index (χ3v) is 5.80. The van der Waals surface area contributed by atoms with Crippen molar-refractivity contribution in [2.75, 3.05) is 11.9 Å². The summed E-state index contributed by atoms with van der Waals surface area (Å²) >= 11 is 6.30. The Morgan fingerprint density at radius 3 is 2.36 bits per heavy atom. The van der Waals surface area contributed by atoms with Crippen LogP contribution >= 0.6 is 11.6 Å². The molecule has 0 spiro atoms. The molecule has 0 radical (unpaired) electrons. The zero-order chi connectivity index (χ0) is 29.5. The van der Waals surface area contributed by atoms with Crippen molar-refractivity contribution in [3.8, 4) is 11.8 Å². The van der Waals surface area contributed by atoms with E-state index in [1.54, 1.807) is 52.8 Å². The van der Waals surface area contributed by atoms with Gasteiger partial charge < -0.3 is 31.1 Å². The molecule has 2 aromatic carbocycles. The molecule has 2 aromatic rings. The summed E-state index contributed by atoms with van der Waals surface area (Å²) in [6.45, 7) is 7.58. The second kappa shape index (κ2) is 13.0. The van der Waals surface area contributed by atoms with Crippen molar-refractivity contribution in [2.24, 2.45) is 5.73 Å². The Morgan fingerprint density at radius 1 is 1.15 bits per heavy atom. The number of halogens is 1. The van der Waals surface area contributed by atoms with Crippen LogP contribution in [-0.2, 0) is 19.1 Å². The lowest BCUT2D eigenvalue weighted by Crippen LogP contribution is -2.53. The number of nitrogens with one attached hydrogen (secondary N) is 2. The fourth-order valence-corrected chi connectivity index (χ4v) is 4.00. The first kappa shape index (κ1) is 30.9. The number of nitrogens with two attached hydrogens (primary N) is 1. The van der Waals surface area contributed by atoms with Gasteiger partial charge in [0.2, 0.25) is 11.8 Å². The number of aromatic hydroxyl groups is 1. The van der Waals surface area contributed by atoms with Crippen LogP contribution in [0.2, 0.25) is 5.02 Å². The van der Waals surface area contributed by atoms with Crippen molar-refractivity contribution in [3.05, 3.63) is 58.1 Å². The number of hydrogen-bond donors (Lipinski definition) is 4. The Kier molecular flexibility index (Phi) is 10.3. The molecule has 0 aromatic heterocycles. The van der Waals surface area contributed by atoms with Crippen molar-refractivity contribution >= 4 is 41.1 Å². The molecule has 11 nitrogen and oxygen atoms in total. The molecule has 39 heavy (non-hydrogen) atoms. The first-order valence-electron chi connectivity index (χ1n) is 11.9. The molecule has 0 saturated heterocycles. The molecule has 2 rings (SSSR count). The average Bonchev–Trinajstić information content (AvgIpc) is 2.81. The number of ether oxygens (including phenoxy) is 1. The Labute approximate surface area is 231 Å². The number of aryl methyl sites for hydroxylation is 2. The van der Waals surface area contributed by atoms with Gasteiger partial charge in [0.1, 0.15) is 30.0 Å². The van der Waals surface area contributed by atoms with Gasteiger partial charge >= 0.3 is 6.09 Å². The van der Waals surface area contributed by atoms with Gasteiger partial charge in [-0.3, -0.25) is 14.4 Å². The highest BCUT2D eigenvalue weighted by Gasteiger charge is 2.37. The fourth-order valence-electron chi connectivity index (χ4n) is 3.73. The van der Waals surface area contributed by atoms with Crippen LogP contribution in [0.4, 0.5) is 10.5 Å². The molecular weight excluding hydrogens is 526 g/mol. The number of phenolic OH excluding ortho intramolecular Hbond substituents is 1. The van der Waals surface area contributed by atoms with Gasteiger partial charge in [-0.15, -0.1) is 0 Å². The van der Waals surface area contributed by atoms with E-state index in [-0.39, 0.29) is 16.3 Å². The second-order valence-electron chi connectivity index (χ2n) is 9.86. The molecule has 0 aliphatic carbocycles. The highest BCUT2D eigenvalue weighted by Crippen LogP contribution is 2.31. The van der Waals surface area contributed by atoms with E-state index in [1.807, 2.05) is 6.07 Å². The Hall–Kier alpha value is -4.30. The number of primary amides is 1. The molecule has 0 saturated carbocycles. The first-order valence-corrected chi connectivity index (χ1v) is 12.3. The van der Waals surface area contributed by atoms with Crippen molar-refractivity contribution in [3.63, 3.8) is 0 Å². The minimum atomic E-state index is -1.54. The molecule has 4 amide bonds. The molecule has 0 heterocycles. The molecule has 2 atom stereocenters. The maximum absolute atomic E-state index is 13.8. The third-order valence-electron chi connectivity index (χ3n) is 5.49. The van der Waals surface area contributed by atoms with Gasteiger partial charge in [-0.25, -0.2) is 4.79 Å². The lowest BCUT2D eigenvalue weighted by molar-refractivity contribution is -0.141. The summed E-state index contributed by atoms with van der Waals surface area (Å²) in [5, 5.41) is 24.9. The zero-order valence-corrected chi connectivity index (χ0v) is 23.1. The van der Waals surface area contributed by atoms with Crippen LogP contribution in [0, 0.1) is 25.2 Å². The van der Waals surface area contributed by atoms with Gasteiger partial charge in [-0.1, -0.05) is 29.8 Å². The number of alkyl carbamates (subject to hydrolysis) is 1. The van der Waals surface area contributed by atoms with Gasteiger partial charge in [0, 0.05) is 0 Å². The molecular formula is C27H32ClN5O6. The highest BCUT2D eigenvalue weighted by atomic mass is 35.5. The number of para-hydroxylation sites is 1. The number of amides is 4. The molecule has 12 heteroatoms. The second-order valence-corrected chi connectivity index (χ2v) is 10.3. The normalized spacial score (nSPS) is 12.4. The van der Waals surface area contributed by atoms with Crippen molar-refractivity contribution in [2.45, 2.75) is 58.7 Å². The number of rotatable bonds is 9. The van der Waals surface area contributed by atoms with Gasteiger partial charge in [0.25, 0.3) is 5.91 Å². The number of anilines is 1. The number of benzene rings is 2. The van der Waals surface area contributed by atoms with E-state index in [9.17, 15) is 29.5 Å². The summed E-state index contributed by atoms with van der Waals surface area (Å²) in [6.07, 6.45) is -1.61. The summed E-state index contributed by atoms with van der Waals surface area (Å²) < 4.78 is 5.21. The summed E-state index contributed by atoms with van der Waals surface area (Å²) in [7, 11) is 0. The van der Waals surface area contributed by atoms with Crippen LogP contribution in [0.5, 0.6) is 5.75 Å². The maximum Gasteiger partial charge on any atom is 0.408 e. The smallest absolute Gasteiger partial charge is 0.408 e. The number of phenols is 1. The van der Waals surface area contributed by atoms with E-state index < -0.39 is 54.5 Å². The standard InChI is InChI=1S/C27H32ClN5O6/c1-15-7-6-8-18(28)22(15)32-24(36)23(17-9-10-20(34)16(2)13-17)33(12-11-29)25(37)19(14-21(30)35)31-26(38)39-27(3,4)5/h6-10,13,19,23,34H,12,14H2,1-5H3,(H2,30,35)(H,31,38)(H,32,36). The summed E-state index contributed by atoms with van der Waals surface area (Å²) in [4.78, 5) is 52.7. The van der Waals surface area contributed by atoms with Gasteiger partial charge in [-0.05, 0) is 69.5 Å². The number of nitriles is 1. The van der Waals surface area contributed by atoms with Crippen molar-refractivity contribution in [1.29, 1.82) is 5.26 Å². The Morgan fingerprint density at radius 2 is 1.82 bits per heavy atom. The number of carbonyl (C=O) groups is 4. The lowest BCUT2D eigenvalue weighted by Gasteiger charge is -2.33. The summed E-state index contributed by atoms with van der Waals surface area (Å²) in [5.41, 5.74) is 6.04. The minimum absolute atomic E-state index is 0.0452. The molecule has 0 bridgehead atoms. The van der Waals surface area contributed by atoms with Crippen LogP contribution in [0.25, 0.3) is 0 Å². The van der Waals surface area contributed by atoms with Gasteiger partial charge in [-0.2, -0.15) is 5.26 Å². The fraction of sp³-hybridized carbons (Fsp3) is 0.370. The van der Waals surface area contributed by atoms with Gasteiger partial charge in [0.15, 0.2) is 0 Å². The summed E-state index contributed by atoms with van der Waals surface area (Å²) in [5.74, 6) is -2.61. The third kappa shape index (κ3) is 8.61. The highest BCUT2D eigenvalue weighted by molar-refractivity contribution is 6.34. The van der Waals surface area contributed by atoms with Crippen LogP contribution in [0.15, 0.2) is 36.4 Å². The molecule has 5 N–H and O–H groups in total. The van der Waals surface area contributed by atoms with E-state index >= 15 is 0 Å². The lowest BCUT2D eigenvalue weighted by atomic mass is 9.99. The predicted molar refractivity (Wildman–Crippen MR) is 145 cm³/mol. The van der Waals surface area contributed by atoms with Gasteiger partial charge in [0.05, 0.1) is 23.2 Å². The van der Waals surface area contributed by atoms with E-state index in [1.165, 1.54) is 18.2 Å². The number of carbonyl (C=O) groups excluding carboxylic acids is 4. The number of nitrogens with zero attached hydrogens (tertiary/aromatic N) is 2. The monoisotopic (exact) mass is 557 g/mol. The van der Waals surface area contributed by atoms with Crippen molar-refractivity contribution < 1.29 is 29.0 Å². The van der Waals surface area contributed by atoms with Crippen molar-refractivity contribution in [1.82, 2.24) is 10.2 Å². The molecule has 208 valence electrons. The van der Waals surface area contributed by atoms with E-state index in [2.05, 4.69) is 10.6 Å². The van der Waals surface area contributed by atoms with E-state index in [0.29, 0.717) is 16.8 Å². The van der Waals surface area contributed by atoms with Crippen LogP contribution in [-0.4, -0.2) is 52.0 Å². The molecule has 0 aliphatic heterocycles. The topological polar surface area (TPSA) is 175 Å². The summed E-state index contributed by atoms with van der Waals surface area (Å²) in [6, 6.07) is 8.16. The van der Waals surface area contributed by atoms with Crippen LogP contribution < -0.4 is 16.4 Å². The Bertz CT molecular complexity index is 1280. The maximum atomic E-state index is 13.8. The molecule has 0 aliphatic rings. The Balaban J connectivity index is 2.60. The SMILES string of the molecule is Cc1cc(C(C(=O)Nc2c(C)cccc2Cl)N(CC#N)C(=O)C(CC(N)=O)NC(=O)OC(C)(C)C)ccc1O. The van der Waals surface area contributed by atoms with Crippen LogP contribution in [0.1, 0.15) is 49.9 Å². The average molecular weight is 558 g/mol. The van der Waals surface area contributed by atoms with E-state index in [4.69, 9.17) is 22.1 Å². The molecule has 2 unspecified atom stereocenters. The quantitative estimate of drug-likeness (QED) is 0.341.